The van der Waals surface area contributed by atoms with Crippen molar-refractivity contribution in [2.75, 3.05) is 13.2 Å². The third-order valence-corrected chi connectivity index (χ3v) is 3.95. The van der Waals surface area contributed by atoms with Gasteiger partial charge in [-0.3, -0.25) is 4.79 Å². The normalized spacial score (nSPS) is 11.2. The van der Waals surface area contributed by atoms with Crippen molar-refractivity contribution in [2.45, 2.75) is 39.0 Å². The number of phenols is 1. The predicted molar refractivity (Wildman–Crippen MR) is 100 cm³/mol. The summed E-state index contributed by atoms with van der Waals surface area (Å²) in [4.78, 5) is 12.0. The number of hydrogen-bond donors (Lipinski definition) is 2. The first kappa shape index (κ1) is 18.8. The van der Waals surface area contributed by atoms with Crippen LogP contribution in [0.3, 0.4) is 0 Å². The summed E-state index contributed by atoms with van der Waals surface area (Å²) >= 11 is 0. The maximum absolute atomic E-state index is 12.0. The van der Waals surface area contributed by atoms with Gasteiger partial charge in [0.2, 0.25) is 0 Å². The van der Waals surface area contributed by atoms with E-state index in [2.05, 4.69) is 26.1 Å². The molecule has 4 heteroatoms. The third-order valence-electron chi connectivity index (χ3n) is 3.95. The van der Waals surface area contributed by atoms with Gasteiger partial charge in [0.05, 0.1) is 0 Å². The van der Waals surface area contributed by atoms with Crippen molar-refractivity contribution in [2.24, 2.45) is 0 Å². The number of amides is 1. The van der Waals surface area contributed by atoms with Crippen molar-refractivity contribution in [1.29, 1.82) is 0 Å². The SMILES string of the molecule is CC(C)(C)c1ccccc1OCC(=O)NCCCc1ccc(O)cc1. The van der Waals surface area contributed by atoms with Crippen LogP contribution >= 0.6 is 0 Å². The van der Waals surface area contributed by atoms with Gasteiger partial charge in [0.25, 0.3) is 5.91 Å². The Morgan fingerprint density at radius 2 is 1.76 bits per heavy atom. The van der Waals surface area contributed by atoms with E-state index in [0.29, 0.717) is 6.54 Å². The van der Waals surface area contributed by atoms with Crippen LogP contribution in [-0.4, -0.2) is 24.2 Å². The molecule has 0 spiro atoms. The van der Waals surface area contributed by atoms with Gasteiger partial charge in [0.1, 0.15) is 11.5 Å². The average molecular weight is 341 g/mol. The largest absolute Gasteiger partial charge is 0.508 e. The van der Waals surface area contributed by atoms with Crippen molar-refractivity contribution >= 4 is 5.91 Å². The van der Waals surface area contributed by atoms with E-state index in [-0.39, 0.29) is 23.7 Å². The Bertz CT molecular complexity index is 687. The summed E-state index contributed by atoms with van der Waals surface area (Å²) in [6, 6.07) is 15.0. The molecule has 4 nitrogen and oxygen atoms in total. The molecule has 0 saturated carbocycles. The third kappa shape index (κ3) is 6.14. The second-order valence-corrected chi connectivity index (χ2v) is 7.15. The highest BCUT2D eigenvalue weighted by Crippen LogP contribution is 2.30. The molecule has 2 aromatic rings. The van der Waals surface area contributed by atoms with Gasteiger partial charge in [-0.1, -0.05) is 51.1 Å². The van der Waals surface area contributed by atoms with E-state index >= 15 is 0 Å². The average Bonchev–Trinajstić information content (AvgIpc) is 2.58. The van der Waals surface area contributed by atoms with Crippen molar-refractivity contribution in [1.82, 2.24) is 5.32 Å². The number of nitrogens with one attached hydrogen (secondary N) is 1. The zero-order chi connectivity index (χ0) is 18.3. The molecule has 134 valence electrons. The molecule has 0 radical (unpaired) electrons. The predicted octanol–water partition coefficient (Wildman–Crippen LogP) is 3.82. The monoisotopic (exact) mass is 341 g/mol. The molecule has 0 fully saturated rings. The smallest absolute Gasteiger partial charge is 0.257 e. The van der Waals surface area contributed by atoms with E-state index in [1.54, 1.807) is 12.1 Å². The lowest BCUT2D eigenvalue weighted by atomic mass is 9.86. The molecule has 25 heavy (non-hydrogen) atoms. The summed E-state index contributed by atoms with van der Waals surface area (Å²) in [7, 11) is 0. The van der Waals surface area contributed by atoms with Crippen LogP contribution in [0.25, 0.3) is 0 Å². The molecule has 0 atom stereocenters. The van der Waals surface area contributed by atoms with Crippen LogP contribution in [0.2, 0.25) is 0 Å². The number of hydrogen-bond acceptors (Lipinski definition) is 3. The summed E-state index contributed by atoms with van der Waals surface area (Å²) in [5.74, 6) is 0.911. The van der Waals surface area contributed by atoms with Crippen LogP contribution in [0.5, 0.6) is 11.5 Å². The van der Waals surface area contributed by atoms with Crippen molar-refractivity contribution in [3.63, 3.8) is 0 Å². The molecular formula is C21H27NO3. The Labute approximate surface area is 149 Å². The highest BCUT2D eigenvalue weighted by molar-refractivity contribution is 5.77. The maximum atomic E-state index is 12.0. The molecule has 2 rings (SSSR count). The van der Waals surface area contributed by atoms with Gasteiger partial charge in [-0.05, 0) is 47.6 Å². The number of benzene rings is 2. The minimum Gasteiger partial charge on any atom is -0.508 e. The van der Waals surface area contributed by atoms with Crippen molar-refractivity contribution < 1.29 is 14.6 Å². The van der Waals surface area contributed by atoms with Gasteiger partial charge < -0.3 is 15.2 Å². The Morgan fingerprint density at radius 1 is 1.08 bits per heavy atom. The van der Waals surface area contributed by atoms with E-state index in [0.717, 1.165) is 29.7 Å². The van der Waals surface area contributed by atoms with Crippen molar-refractivity contribution in [3.8, 4) is 11.5 Å². The second-order valence-electron chi connectivity index (χ2n) is 7.15. The minimum atomic E-state index is -0.116. The van der Waals surface area contributed by atoms with E-state index in [9.17, 15) is 9.90 Å². The first-order valence-electron chi connectivity index (χ1n) is 8.63. The zero-order valence-electron chi connectivity index (χ0n) is 15.2. The van der Waals surface area contributed by atoms with Gasteiger partial charge in [-0.25, -0.2) is 0 Å². The highest BCUT2D eigenvalue weighted by atomic mass is 16.5. The lowest BCUT2D eigenvalue weighted by Gasteiger charge is -2.22. The molecule has 0 heterocycles. The van der Waals surface area contributed by atoms with E-state index in [4.69, 9.17) is 4.74 Å². The molecule has 0 bridgehead atoms. The van der Waals surface area contributed by atoms with Gasteiger partial charge in [-0.15, -0.1) is 0 Å². The molecule has 0 aliphatic rings. The maximum Gasteiger partial charge on any atom is 0.257 e. The Hall–Kier alpha value is -2.49. The molecule has 0 aliphatic heterocycles. The standard InChI is InChI=1S/C21H27NO3/c1-21(2,3)18-8-4-5-9-19(18)25-15-20(24)22-14-6-7-16-10-12-17(23)13-11-16/h4-5,8-13,23H,6-7,14-15H2,1-3H3,(H,22,24). The molecule has 0 unspecified atom stereocenters. The molecule has 0 aliphatic carbocycles. The number of phenolic OH excluding ortho intramolecular Hbond substituents is 1. The second kappa shape index (κ2) is 8.56. The van der Waals surface area contributed by atoms with Crippen LogP contribution in [0.15, 0.2) is 48.5 Å². The number of aromatic hydroxyl groups is 1. The molecule has 1 amide bonds. The van der Waals surface area contributed by atoms with Gasteiger partial charge in [0.15, 0.2) is 6.61 Å². The van der Waals surface area contributed by atoms with Crippen LogP contribution < -0.4 is 10.1 Å². The number of carbonyl (C=O) groups is 1. The minimum absolute atomic E-state index is 0.0201. The van der Waals surface area contributed by atoms with Crippen LogP contribution in [0.4, 0.5) is 0 Å². The number of carbonyl (C=O) groups excluding carboxylic acids is 1. The Kier molecular flexibility index (Phi) is 6.45. The number of aryl methyl sites for hydroxylation is 1. The number of ether oxygens (including phenoxy) is 1. The fraction of sp³-hybridized carbons (Fsp3) is 0.381. The van der Waals surface area contributed by atoms with E-state index in [1.165, 1.54) is 0 Å². The van der Waals surface area contributed by atoms with Crippen molar-refractivity contribution in [3.05, 3.63) is 59.7 Å². The van der Waals surface area contributed by atoms with Crippen LogP contribution in [0.1, 0.15) is 38.3 Å². The number of para-hydroxylation sites is 1. The van der Waals surface area contributed by atoms with Gasteiger partial charge in [-0.2, -0.15) is 0 Å². The molecule has 0 saturated heterocycles. The van der Waals surface area contributed by atoms with Crippen LogP contribution in [-0.2, 0) is 16.6 Å². The van der Waals surface area contributed by atoms with E-state index in [1.807, 2.05) is 36.4 Å². The zero-order valence-corrected chi connectivity index (χ0v) is 15.2. The lowest BCUT2D eigenvalue weighted by Crippen LogP contribution is -2.30. The molecule has 2 aromatic carbocycles. The van der Waals surface area contributed by atoms with E-state index < -0.39 is 0 Å². The number of rotatable bonds is 7. The summed E-state index contributed by atoms with van der Waals surface area (Å²) in [6.45, 7) is 6.99. The van der Waals surface area contributed by atoms with Crippen LogP contribution in [0, 0.1) is 0 Å². The molecular weight excluding hydrogens is 314 g/mol. The highest BCUT2D eigenvalue weighted by Gasteiger charge is 2.18. The lowest BCUT2D eigenvalue weighted by molar-refractivity contribution is -0.123. The van der Waals surface area contributed by atoms with Gasteiger partial charge >= 0.3 is 0 Å². The fourth-order valence-corrected chi connectivity index (χ4v) is 2.59. The van der Waals surface area contributed by atoms with Gasteiger partial charge in [0, 0.05) is 6.54 Å². The summed E-state index contributed by atoms with van der Waals surface area (Å²) in [5, 5.41) is 12.1. The topological polar surface area (TPSA) is 58.6 Å². The Morgan fingerprint density at radius 3 is 2.44 bits per heavy atom. The molecule has 0 aromatic heterocycles. The Balaban J connectivity index is 1.73. The fourth-order valence-electron chi connectivity index (χ4n) is 2.59. The quantitative estimate of drug-likeness (QED) is 0.753. The first-order valence-corrected chi connectivity index (χ1v) is 8.63. The first-order chi connectivity index (χ1) is 11.9. The summed E-state index contributed by atoms with van der Waals surface area (Å²) in [5.41, 5.74) is 2.20. The molecule has 2 N–H and O–H groups in total. The summed E-state index contributed by atoms with van der Waals surface area (Å²) in [6.07, 6.45) is 1.70. The summed E-state index contributed by atoms with van der Waals surface area (Å²) < 4.78 is 5.71.